The molecule has 0 radical (unpaired) electrons. The van der Waals surface area contributed by atoms with Gasteiger partial charge in [0.2, 0.25) is 5.91 Å². The molecule has 1 amide bonds. The summed E-state index contributed by atoms with van der Waals surface area (Å²) in [5, 5.41) is 13.2. The molecule has 10 heteroatoms. The van der Waals surface area contributed by atoms with Crippen molar-refractivity contribution in [2.75, 3.05) is 32.8 Å². The second kappa shape index (κ2) is 9.03. The van der Waals surface area contributed by atoms with Crippen molar-refractivity contribution in [3.63, 3.8) is 0 Å². The second-order valence-corrected chi connectivity index (χ2v) is 9.30. The van der Waals surface area contributed by atoms with Crippen molar-refractivity contribution < 1.29 is 19.0 Å². The third-order valence-electron chi connectivity index (χ3n) is 6.97. The third-order valence-corrected chi connectivity index (χ3v) is 6.97. The van der Waals surface area contributed by atoms with Crippen LogP contribution < -0.4 is 10.1 Å². The van der Waals surface area contributed by atoms with Crippen molar-refractivity contribution in [1.82, 2.24) is 24.5 Å². The van der Waals surface area contributed by atoms with Crippen molar-refractivity contribution in [3.05, 3.63) is 42.9 Å². The van der Waals surface area contributed by atoms with Gasteiger partial charge in [-0.15, -0.1) is 0 Å². The lowest BCUT2D eigenvalue weighted by Gasteiger charge is -2.16. The van der Waals surface area contributed by atoms with Crippen LogP contribution in [0.3, 0.4) is 0 Å². The minimum absolute atomic E-state index is 0.0206. The average Bonchev–Trinajstić information content (AvgIpc) is 3.31. The van der Waals surface area contributed by atoms with Gasteiger partial charge in [-0.25, -0.2) is 4.98 Å². The zero-order chi connectivity index (χ0) is 24.8. The summed E-state index contributed by atoms with van der Waals surface area (Å²) in [7, 11) is 5.23. The van der Waals surface area contributed by atoms with Gasteiger partial charge in [0.05, 0.1) is 38.2 Å². The SMILES string of the molecule is COc1c(-c2cnn([C@H]3COC[C@@H]3OC)c2)cccc1-c1nn(C)c2cnc(NC(=O)C3CC3)cc12. The number of benzene rings is 1. The molecule has 4 aromatic rings. The van der Waals surface area contributed by atoms with Gasteiger partial charge in [-0.3, -0.25) is 14.2 Å². The molecule has 4 heterocycles. The summed E-state index contributed by atoms with van der Waals surface area (Å²) in [6, 6.07) is 7.89. The van der Waals surface area contributed by atoms with Crippen LogP contribution >= 0.6 is 0 Å². The molecule has 1 N–H and O–H groups in total. The number of fused-ring (bicyclic) bond motifs is 1. The Morgan fingerprint density at radius 2 is 2.00 bits per heavy atom. The molecule has 3 aromatic heterocycles. The summed E-state index contributed by atoms with van der Waals surface area (Å²) < 4.78 is 20.8. The average molecular weight is 489 g/mol. The van der Waals surface area contributed by atoms with E-state index in [1.54, 1.807) is 25.1 Å². The van der Waals surface area contributed by atoms with Gasteiger partial charge in [0.25, 0.3) is 0 Å². The fourth-order valence-electron chi connectivity index (χ4n) is 4.82. The first-order valence-electron chi connectivity index (χ1n) is 12.0. The summed E-state index contributed by atoms with van der Waals surface area (Å²) in [5.74, 6) is 1.34. The number of pyridine rings is 1. The van der Waals surface area contributed by atoms with Crippen molar-refractivity contribution in [2.45, 2.75) is 25.0 Å². The van der Waals surface area contributed by atoms with Crippen LogP contribution in [-0.2, 0) is 21.3 Å². The normalized spacial score (nSPS) is 19.6. The molecule has 1 aliphatic heterocycles. The van der Waals surface area contributed by atoms with Crippen LogP contribution in [0.5, 0.6) is 5.75 Å². The maximum Gasteiger partial charge on any atom is 0.228 e. The van der Waals surface area contributed by atoms with Crippen LogP contribution in [0.25, 0.3) is 33.3 Å². The number of methoxy groups -OCH3 is 2. The maximum atomic E-state index is 12.3. The molecule has 0 unspecified atom stereocenters. The van der Waals surface area contributed by atoms with E-state index in [0.717, 1.165) is 46.1 Å². The Hall–Kier alpha value is -3.76. The van der Waals surface area contributed by atoms with Crippen LogP contribution in [0.15, 0.2) is 42.9 Å². The molecule has 1 saturated heterocycles. The van der Waals surface area contributed by atoms with Crippen molar-refractivity contribution in [3.8, 4) is 28.1 Å². The predicted molar refractivity (Wildman–Crippen MR) is 134 cm³/mol. The highest BCUT2D eigenvalue weighted by Crippen LogP contribution is 2.41. The first kappa shape index (κ1) is 22.7. The van der Waals surface area contributed by atoms with E-state index in [0.29, 0.717) is 24.8 Å². The number of hydrogen-bond donors (Lipinski definition) is 1. The number of hydrogen-bond acceptors (Lipinski definition) is 7. The molecule has 1 aliphatic carbocycles. The molecule has 1 saturated carbocycles. The van der Waals surface area contributed by atoms with Crippen LogP contribution in [0.4, 0.5) is 5.82 Å². The summed E-state index contributed by atoms with van der Waals surface area (Å²) in [6.07, 6.45) is 7.41. The summed E-state index contributed by atoms with van der Waals surface area (Å²) >= 11 is 0. The Balaban J connectivity index is 1.40. The van der Waals surface area contributed by atoms with Crippen LogP contribution in [0.1, 0.15) is 18.9 Å². The first-order chi connectivity index (χ1) is 17.6. The quantitative estimate of drug-likeness (QED) is 0.425. The predicted octanol–water partition coefficient (Wildman–Crippen LogP) is 3.44. The number of nitrogens with one attached hydrogen (secondary N) is 1. The fraction of sp³-hybridized carbons (Fsp3) is 0.385. The smallest absolute Gasteiger partial charge is 0.228 e. The van der Waals surface area contributed by atoms with E-state index in [9.17, 15) is 4.79 Å². The highest BCUT2D eigenvalue weighted by molar-refractivity contribution is 6.00. The van der Waals surface area contributed by atoms with Crippen LogP contribution in [0, 0.1) is 5.92 Å². The molecule has 2 atom stereocenters. The largest absolute Gasteiger partial charge is 0.495 e. The monoisotopic (exact) mass is 488 g/mol. The van der Waals surface area contributed by atoms with Crippen molar-refractivity contribution >= 4 is 22.6 Å². The standard InChI is InChI=1S/C26H28N6O4/c1-31-20-11-27-23(29-26(33)15-7-8-15)9-19(20)24(30-31)18-6-4-5-17(25(18)35-3)16-10-28-32(12-16)21-13-36-14-22(21)34-2/h4-6,9-12,15,21-22H,7-8,13-14H2,1-3H3,(H,27,29,33)/t21-,22-/m0/s1. The van der Waals surface area contributed by atoms with E-state index in [2.05, 4.69) is 15.4 Å². The van der Waals surface area contributed by atoms with Gasteiger partial charge in [-0.05, 0) is 25.0 Å². The fourth-order valence-corrected chi connectivity index (χ4v) is 4.82. The Morgan fingerprint density at radius 1 is 1.17 bits per heavy atom. The number of nitrogens with zero attached hydrogens (tertiary/aromatic N) is 5. The third kappa shape index (κ3) is 3.92. The van der Waals surface area contributed by atoms with E-state index in [1.807, 2.05) is 48.4 Å². The van der Waals surface area contributed by atoms with Gasteiger partial charge < -0.3 is 19.5 Å². The van der Waals surface area contributed by atoms with Crippen LogP contribution in [-0.4, -0.2) is 64.0 Å². The van der Waals surface area contributed by atoms with Crippen molar-refractivity contribution in [2.24, 2.45) is 13.0 Å². The number of aryl methyl sites for hydroxylation is 1. The van der Waals surface area contributed by atoms with Gasteiger partial charge in [-0.2, -0.15) is 10.2 Å². The number of amides is 1. The topological polar surface area (TPSA) is 105 Å². The number of carbonyl (C=O) groups is 1. The Kier molecular flexibility index (Phi) is 5.69. The maximum absolute atomic E-state index is 12.3. The number of ether oxygens (including phenoxy) is 3. The molecule has 6 rings (SSSR count). The molecule has 2 fully saturated rings. The lowest BCUT2D eigenvalue weighted by atomic mass is 10.0. The first-order valence-corrected chi connectivity index (χ1v) is 12.0. The second-order valence-electron chi connectivity index (χ2n) is 9.30. The Bertz CT molecular complexity index is 1440. The van der Waals surface area contributed by atoms with Crippen molar-refractivity contribution in [1.29, 1.82) is 0 Å². The molecule has 0 bridgehead atoms. The van der Waals surface area contributed by atoms with Gasteiger partial charge in [-0.1, -0.05) is 12.1 Å². The van der Waals surface area contributed by atoms with E-state index in [-0.39, 0.29) is 24.0 Å². The molecular weight excluding hydrogens is 460 g/mol. The number of rotatable bonds is 7. The molecule has 0 spiro atoms. The van der Waals surface area contributed by atoms with E-state index >= 15 is 0 Å². The molecular formula is C26H28N6O4. The molecule has 10 nitrogen and oxygen atoms in total. The highest BCUT2D eigenvalue weighted by atomic mass is 16.5. The van der Waals surface area contributed by atoms with Gasteiger partial charge in [0, 0.05) is 48.3 Å². The Labute approximate surface area is 208 Å². The number of para-hydroxylation sites is 1. The van der Waals surface area contributed by atoms with E-state index in [1.165, 1.54) is 0 Å². The van der Waals surface area contributed by atoms with Gasteiger partial charge in [0.15, 0.2) is 0 Å². The van der Waals surface area contributed by atoms with Gasteiger partial charge in [0.1, 0.15) is 29.4 Å². The zero-order valence-electron chi connectivity index (χ0n) is 20.5. The minimum Gasteiger partial charge on any atom is -0.495 e. The Morgan fingerprint density at radius 3 is 2.78 bits per heavy atom. The lowest BCUT2D eigenvalue weighted by molar-refractivity contribution is -0.117. The number of aromatic nitrogens is 5. The number of anilines is 1. The van der Waals surface area contributed by atoms with Gasteiger partial charge >= 0.3 is 0 Å². The molecule has 186 valence electrons. The zero-order valence-corrected chi connectivity index (χ0v) is 20.5. The minimum atomic E-state index is -0.0333. The van der Waals surface area contributed by atoms with E-state index in [4.69, 9.17) is 19.3 Å². The summed E-state index contributed by atoms with van der Waals surface area (Å²) in [4.78, 5) is 16.7. The molecule has 36 heavy (non-hydrogen) atoms. The van der Waals surface area contributed by atoms with Crippen LogP contribution in [0.2, 0.25) is 0 Å². The summed E-state index contributed by atoms with van der Waals surface area (Å²) in [5.41, 5.74) is 4.30. The molecule has 2 aliphatic rings. The molecule has 1 aromatic carbocycles. The summed E-state index contributed by atoms with van der Waals surface area (Å²) in [6.45, 7) is 1.12. The van der Waals surface area contributed by atoms with E-state index < -0.39 is 0 Å². The number of carbonyl (C=O) groups excluding carboxylic acids is 1. The highest BCUT2D eigenvalue weighted by Gasteiger charge is 2.31. The lowest BCUT2D eigenvalue weighted by Crippen LogP contribution is -2.24.